The summed E-state index contributed by atoms with van der Waals surface area (Å²) in [4.78, 5) is 11.7. The molecule has 0 spiro atoms. The van der Waals surface area contributed by atoms with Crippen LogP contribution in [0.1, 0.15) is 5.56 Å². The highest BCUT2D eigenvalue weighted by atomic mass is 35.5. The number of para-hydroxylation sites is 1. The third-order valence-corrected chi connectivity index (χ3v) is 3.59. The van der Waals surface area contributed by atoms with E-state index in [0.29, 0.717) is 37.1 Å². The Bertz CT molecular complexity index is 477. The van der Waals surface area contributed by atoms with Crippen molar-refractivity contribution in [2.45, 2.75) is 13.0 Å². The maximum Gasteiger partial charge on any atom is 0.315 e. The minimum absolute atomic E-state index is 0. The maximum absolute atomic E-state index is 11.7. The summed E-state index contributed by atoms with van der Waals surface area (Å²) in [6.45, 7) is 5.48. The number of hydrogen-bond acceptors (Lipinski definition) is 4. The van der Waals surface area contributed by atoms with Gasteiger partial charge in [-0.05, 0) is 18.6 Å². The lowest BCUT2D eigenvalue weighted by Gasteiger charge is -2.23. The van der Waals surface area contributed by atoms with Gasteiger partial charge in [-0.15, -0.1) is 12.4 Å². The molecule has 0 aromatic heterocycles. The van der Waals surface area contributed by atoms with E-state index in [1.807, 2.05) is 19.1 Å². The molecule has 2 amide bonds. The smallest absolute Gasteiger partial charge is 0.315 e. The van der Waals surface area contributed by atoms with Crippen molar-refractivity contribution < 1.29 is 14.3 Å². The number of urea groups is 1. The Balaban J connectivity index is 0.00000264. The van der Waals surface area contributed by atoms with Crippen LogP contribution in [-0.2, 0) is 4.74 Å². The van der Waals surface area contributed by atoms with Gasteiger partial charge in [0.25, 0.3) is 0 Å². The van der Waals surface area contributed by atoms with Crippen molar-refractivity contribution in [3.8, 4) is 5.75 Å². The van der Waals surface area contributed by atoms with E-state index in [9.17, 15) is 4.79 Å². The topological polar surface area (TPSA) is 71.6 Å². The summed E-state index contributed by atoms with van der Waals surface area (Å²) in [6, 6.07) is 5.36. The number of hydrogen-bond donors (Lipinski definition) is 3. The van der Waals surface area contributed by atoms with Crippen LogP contribution >= 0.6 is 24.0 Å². The third-order valence-electron chi connectivity index (χ3n) is 3.29. The first kappa shape index (κ1) is 19.8. The lowest BCUT2D eigenvalue weighted by molar-refractivity contribution is 0.0307. The normalized spacial score (nSPS) is 17.0. The molecule has 2 rings (SSSR count). The first-order valence-electron chi connectivity index (χ1n) is 7.39. The maximum atomic E-state index is 11.7. The zero-order chi connectivity index (χ0) is 15.8. The van der Waals surface area contributed by atoms with Gasteiger partial charge in [0.15, 0.2) is 0 Å². The summed E-state index contributed by atoms with van der Waals surface area (Å²) < 4.78 is 11.1. The van der Waals surface area contributed by atoms with Crippen LogP contribution < -0.4 is 20.7 Å². The number of nitrogens with one attached hydrogen (secondary N) is 3. The van der Waals surface area contributed by atoms with Gasteiger partial charge in [0.1, 0.15) is 12.4 Å². The van der Waals surface area contributed by atoms with Crippen molar-refractivity contribution in [1.82, 2.24) is 16.0 Å². The predicted molar refractivity (Wildman–Crippen MR) is 92.9 cm³/mol. The first-order chi connectivity index (χ1) is 10.7. The van der Waals surface area contributed by atoms with Crippen molar-refractivity contribution in [1.29, 1.82) is 0 Å². The van der Waals surface area contributed by atoms with Crippen LogP contribution in [0.25, 0.3) is 0 Å². The van der Waals surface area contributed by atoms with Gasteiger partial charge in [0, 0.05) is 19.6 Å². The molecule has 1 unspecified atom stereocenters. The second kappa shape index (κ2) is 10.5. The van der Waals surface area contributed by atoms with E-state index in [4.69, 9.17) is 21.1 Å². The third kappa shape index (κ3) is 6.83. The zero-order valence-electron chi connectivity index (χ0n) is 13.1. The average Bonchev–Trinajstić information content (AvgIpc) is 2.53. The molecule has 1 atom stereocenters. The van der Waals surface area contributed by atoms with Crippen molar-refractivity contribution >= 4 is 30.0 Å². The molecule has 1 aromatic carbocycles. The fraction of sp³-hybridized carbons (Fsp3) is 0.533. The molecule has 0 bridgehead atoms. The van der Waals surface area contributed by atoms with E-state index >= 15 is 0 Å². The summed E-state index contributed by atoms with van der Waals surface area (Å²) in [6.07, 6.45) is 0.0292. The van der Waals surface area contributed by atoms with Gasteiger partial charge in [-0.1, -0.05) is 23.7 Å². The van der Waals surface area contributed by atoms with E-state index < -0.39 is 0 Å². The highest BCUT2D eigenvalue weighted by molar-refractivity contribution is 6.32. The lowest BCUT2D eigenvalue weighted by atomic mass is 10.2. The number of rotatable bonds is 6. The molecule has 0 aliphatic carbocycles. The number of amides is 2. The molecule has 8 heteroatoms. The van der Waals surface area contributed by atoms with Crippen LogP contribution in [0, 0.1) is 6.92 Å². The Morgan fingerprint density at radius 3 is 3.00 bits per heavy atom. The molecule has 0 saturated carbocycles. The van der Waals surface area contributed by atoms with Gasteiger partial charge in [-0.3, -0.25) is 0 Å². The highest BCUT2D eigenvalue weighted by Gasteiger charge is 2.13. The average molecular weight is 364 g/mol. The highest BCUT2D eigenvalue weighted by Crippen LogP contribution is 2.27. The van der Waals surface area contributed by atoms with Crippen LogP contribution in [0.3, 0.4) is 0 Å². The van der Waals surface area contributed by atoms with Gasteiger partial charge in [-0.25, -0.2) is 4.79 Å². The van der Waals surface area contributed by atoms with Gasteiger partial charge in [0.05, 0.1) is 24.3 Å². The number of halogens is 2. The molecule has 1 saturated heterocycles. The quantitative estimate of drug-likeness (QED) is 0.673. The van der Waals surface area contributed by atoms with E-state index in [1.54, 1.807) is 6.07 Å². The zero-order valence-corrected chi connectivity index (χ0v) is 14.6. The largest absolute Gasteiger partial charge is 0.490 e. The number of ether oxygens (including phenoxy) is 2. The molecule has 130 valence electrons. The number of morpholine rings is 1. The molecule has 23 heavy (non-hydrogen) atoms. The predicted octanol–water partition coefficient (Wildman–Crippen LogP) is 1.74. The van der Waals surface area contributed by atoms with E-state index in [0.717, 1.165) is 18.7 Å². The monoisotopic (exact) mass is 363 g/mol. The van der Waals surface area contributed by atoms with Crippen LogP contribution in [0.2, 0.25) is 5.02 Å². The fourth-order valence-electron chi connectivity index (χ4n) is 2.14. The summed E-state index contributed by atoms with van der Waals surface area (Å²) in [5.41, 5.74) is 0.971. The minimum Gasteiger partial charge on any atom is -0.490 e. The fourth-order valence-corrected chi connectivity index (χ4v) is 2.41. The Morgan fingerprint density at radius 2 is 2.30 bits per heavy atom. The van der Waals surface area contributed by atoms with Gasteiger partial charge >= 0.3 is 6.03 Å². The van der Waals surface area contributed by atoms with Crippen LogP contribution in [0.4, 0.5) is 4.79 Å². The molecular weight excluding hydrogens is 341 g/mol. The second-order valence-corrected chi connectivity index (χ2v) is 5.48. The first-order valence-corrected chi connectivity index (χ1v) is 7.76. The Hall–Kier alpha value is -1.21. The minimum atomic E-state index is -0.228. The number of carbonyl (C=O) groups excluding carboxylic acids is 1. The molecule has 3 N–H and O–H groups in total. The van der Waals surface area contributed by atoms with E-state index in [1.165, 1.54) is 0 Å². The van der Waals surface area contributed by atoms with E-state index in [2.05, 4.69) is 16.0 Å². The van der Waals surface area contributed by atoms with Crippen LogP contribution in [0.15, 0.2) is 18.2 Å². The van der Waals surface area contributed by atoms with Crippen molar-refractivity contribution in [3.05, 3.63) is 28.8 Å². The summed E-state index contributed by atoms with van der Waals surface area (Å²) >= 11 is 6.06. The molecule has 1 heterocycles. The lowest BCUT2D eigenvalue weighted by Crippen LogP contribution is -2.47. The number of benzene rings is 1. The molecule has 6 nitrogen and oxygen atoms in total. The Morgan fingerprint density at radius 1 is 1.48 bits per heavy atom. The van der Waals surface area contributed by atoms with Crippen molar-refractivity contribution in [2.24, 2.45) is 0 Å². The number of carbonyl (C=O) groups is 1. The van der Waals surface area contributed by atoms with Crippen LogP contribution in [0.5, 0.6) is 5.75 Å². The Labute approximate surface area is 147 Å². The standard InChI is InChI=1S/C15H22ClN3O3.ClH/c1-11-3-2-4-13(16)14(11)22-8-6-18-15(20)19-10-12-9-17-5-7-21-12;/h2-4,12,17H,5-10H2,1H3,(H2,18,19,20);1H. The molecule has 0 radical (unpaired) electrons. The second-order valence-electron chi connectivity index (χ2n) is 5.07. The van der Waals surface area contributed by atoms with Crippen molar-refractivity contribution in [3.63, 3.8) is 0 Å². The van der Waals surface area contributed by atoms with Gasteiger partial charge in [0.2, 0.25) is 0 Å². The summed E-state index contributed by atoms with van der Waals surface area (Å²) in [7, 11) is 0. The van der Waals surface area contributed by atoms with Crippen LogP contribution in [-0.4, -0.2) is 51.5 Å². The molecule has 1 aliphatic rings. The molecule has 1 fully saturated rings. The summed E-state index contributed by atoms with van der Waals surface area (Å²) in [5, 5.41) is 9.30. The van der Waals surface area contributed by atoms with Crippen molar-refractivity contribution in [2.75, 3.05) is 39.4 Å². The molecule has 1 aromatic rings. The van der Waals surface area contributed by atoms with Gasteiger partial charge < -0.3 is 25.4 Å². The SMILES string of the molecule is Cc1cccc(Cl)c1OCCNC(=O)NCC1CNCCO1.Cl. The van der Waals surface area contributed by atoms with Gasteiger partial charge in [-0.2, -0.15) is 0 Å². The molecular formula is C15H23Cl2N3O3. The summed E-state index contributed by atoms with van der Waals surface area (Å²) in [5.74, 6) is 0.660. The van der Waals surface area contributed by atoms with E-state index in [-0.39, 0.29) is 24.5 Å². The Kier molecular flexibility index (Phi) is 9.09. The number of aryl methyl sites for hydroxylation is 1. The molecule has 1 aliphatic heterocycles.